The molecule has 2 aromatic heterocycles. The summed E-state index contributed by atoms with van der Waals surface area (Å²) in [6, 6.07) is 10.7. The molecule has 0 saturated carbocycles. The summed E-state index contributed by atoms with van der Waals surface area (Å²) in [5.74, 6) is 3.44. The number of nitriles is 1. The number of benzene rings is 1. The van der Waals surface area contributed by atoms with Crippen LogP contribution in [0.15, 0.2) is 30.5 Å². The monoisotopic (exact) mass is 498 g/mol. The normalized spacial score (nSPS) is 16.3. The van der Waals surface area contributed by atoms with E-state index < -0.39 is 0 Å². The van der Waals surface area contributed by atoms with Gasteiger partial charge in [-0.3, -0.25) is 10.4 Å². The second kappa shape index (κ2) is 9.77. The molecule has 0 bridgehead atoms. The maximum atomic E-state index is 9.55. The Labute approximate surface area is 218 Å². The highest BCUT2D eigenvalue weighted by molar-refractivity contribution is 5.69. The molecule has 1 saturated heterocycles. The minimum absolute atomic E-state index is 0.251. The molecule has 0 atom stereocenters. The highest BCUT2D eigenvalue weighted by Gasteiger charge is 2.32. The molecule has 0 spiro atoms. The van der Waals surface area contributed by atoms with Crippen molar-refractivity contribution in [3.63, 3.8) is 0 Å². The van der Waals surface area contributed by atoms with Crippen LogP contribution >= 0.6 is 0 Å². The molecule has 0 unspecified atom stereocenters. The molecule has 2 aliphatic rings. The van der Waals surface area contributed by atoms with E-state index in [1.165, 1.54) is 11.1 Å². The van der Waals surface area contributed by atoms with Crippen LogP contribution < -0.4 is 15.1 Å². The lowest BCUT2D eigenvalue weighted by atomic mass is 9.82. The summed E-state index contributed by atoms with van der Waals surface area (Å²) < 4.78 is 7.97. The van der Waals surface area contributed by atoms with E-state index in [4.69, 9.17) is 9.72 Å². The smallest absolute Gasteiger partial charge is 0.163 e. The van der Waals surface area contributed by atoms with Crippen LogP contribution in [0.25, 0.3) is 17.5 Å². The minimum atomic E-state index is -0.251. The van der Waals surface area contributed by atoms with E-state index in [1.807, 2.05) is 50.6 Å². The van der Waals surface area contributed by atoms with Gasteiger partial charge >= 0.3 is 0 Å². The van der Waals surface area contributed by atoms with E-state index in [0.717, 1.165) is 66.1 Å². The van der Waals surface area contributed by atoms with E-state index in [1.54, 1.807) is 0 Å². The maximum Gasteiger partial charge on any atom is 0.163 e. The average Bonchev–Trinajstić information content (AvgIpc) is 3.23. The van der Waals surface area contributed by atoms with Crippen molar-refractivity contribution in [3.8, 4) is 23.2 Å². The number of nitrogens with zero attached hydrogens (tertiary/aromatic N) is 7. The lowest BCUT2D eigenvalue weighted by Crippen LogP contribution is -2.40. The molecule has 0 radical (unpaired) electrons. The van der Waals surface area contributed by atoms with Crippen LogP contribution in [0, 0.1) is 30.6 Å². The molecule has 1 aromatic carbocycles. The third-order valence-corrected chi connectivity index (χ3v) is 7.36. The highest BCUT2D eigenvalue weighted by atomic mass is 16.5. The molecule has 0 amide bonds. The first-order chi connectivity index (χ1) is 17.8. The van der Waals surface area contributed by atoms with Crippen LogP contribution in [0.3, 0.4) is 0 Å². The molecule has 1 N–H and O–H groups in total. The summed E-state index contributed by atoms with van der Waals surface area (Å²) in [6.45, 7) is 10.9. The number of anilines is 2. The summed E-state index contributed by atoms with van der Waals surface area (Å²) in [7, 11) is 1.96. The third kappa shape index (κ3) is 4.84. The Hall–Kier alpha value is -4.06. The molecule has 9 nitrogen and oxygen atoms in total. The Kier molecular flexibility index (Phi) is 6.50. The van der Waals surface area contributed by atoms with E-state index in [-0.39, 0.29) is 5.41 Å². The van der Waals surface area contributed by atoms with Gasteiger partial charge < -0.3 is 14.2 Å². The van der Waals surface area contributed by atoms with Gasteiger partial charge in [-0.25, -0.2) is 4.98 Å². The van der Waals surface area contributed by atoms with Crippen molar-refractivity contribution >= 4 is 17.6 Å². The quantitative estimate of drug-likeness (QED) is 0.516. The van der Waals surface area contributed by atoms with Crippen LogP contribution in [-0.2, 0) is 13.6 Å². The van der Waals surface area contributed by atoms with E-state index >= 15 is 0 Å². The lowest BCUT2D eigenvalue weighted by molar-refractivity contribution is 0.334. The Morgan fingerprint density at radius 3 is 2.62 bits per heavy atom. The average molecular weight is 499 g/mol. The van der Waals surface area contributed by atoms with Crippen molar-refractivity contribution < 1.29 is 4.74 Å². The van der Waals surface area contributed by atoms with Crippen LogP contribution in [0.4, 0.5) is 11.5 Å². The topological polar surface area (TPSA) is 95.1 Å². The fourth-order valence-electron chi connectivity index (χ4n) is 4.92. The molecule has 0 aliphatic carbocycles. The third-order valence-electron chi connectivity index (χ3n) is 7.36. The molecule has 4 heterocycles. The summed E-state index contributed by atoms with van der Waals surface area (Å²) in [4.78, 5) is 7.28. The fourth-order valence-corrected chi connectivity index (χ4v) is 4.92. The van der Waals surface area contributed by atoms with Crippen LogP contribution in [-0.4, -0.2) is 44.5 Å². The van der Waals surface area contributed by atoms with Gasteiger partial charge in [0.1, 0.15) is 17.4 Å². The predicted octanol–water partition coefficient (Wildman–Crippen LogP) is 4.84. The Bertz CT molecular complexity index is 1380. The van der Waals surface area contributed by atoms with Crippen molar-refractivity contribution in [3.05, 3.63) is 53.1 Å². The second-order valence-electron chi connectivity index (χ2n) is 10.1. The maximum absolute atomic E-state index is 9.55. The Balaban J connectivity index is 1.39. The number of piperidine rings is 1. The van der Waals surface area contributed by atoms with Gasteiger partial charge in [-0.1, -0.05) is 0 Å². The zero-order chi connectivity index (χ0) is 26.2. The molecule has 192 valence electrons. The molecular weight excluding hydrogens is 464 g/mol. The summed E-state index contributed by atoms with van der Waals surface area (Å²) in [6.07, 6.45) is 5.89. The van der Waals surface area contributed by atoms with Crippen molar-refractivity contribution in [1.82, 2.24) is 24.8 Å². The van der Waals surface area contributed by atoms with Crippen molar-refractivity contribution in [2.24, 2.45) is 12.5 Å². The van der Waals surface area contributed by atoms with Crippen LogP contribution in [0.5, 0.6) is 5.75 Å². The number of aromatic nitrogens is 4. The largest absolute Gasteiger partial charge is 0.492 e. The van der Waals surface area contributed by atoms with Crippen molar-refractivity contribution in [2.45, 2.75) is 47.1 Å². The van der Waals surface area contributed by atoms with Crippen LogP contribution in [0.2, 0.25) is 0 Å². The molecule has 9 heteroatoms. The van der Waals surface area contributed by atoms with E-state index in [2.05, 4.69) is 56.9 Å². The summed E-state index contributed by atoms with van der Waals surface area (Å²) in [5.41, 5.74) is 8.48. The Morgan fingerprint density at radius 1 is 1.16 bits per heavy atom. The van der Waals surface area contributed by atoms with Gasteiger partial charge in [0.25, 0.3) is 0 Å². The van der Waals surface area contributed by atoms with E-state index in [0.29, 0.717) is 13.2 Å². The Morgan fingerprint density at radius 2 is 1.95 bits per heavy atom. The van der Waals surface area contributed by atoms with Crippen LogP contribution in [0.1, 0.15) is 49.3 Å². The van der Waals surface area contributed by atoms with Crippen molar-refractivity contribution in [1.29, 1.82) is 5.26 Å². The molecular formula is C28H34N8O. The number of ether oxygens (including phenoxy) is 1. The van der Waals surface area contributed by atoms with E-state index in [9.17, 15) is 5.26 Å². The standard InChI is InChI=1S/C28H34N8O/c1-6-37-25-16-22(26-32-31-20(3)34(26)5)7-8-24(25)33-36-12-9-21-15-19(2)30-27(23(21)17-36)35-13-10-28(4,18-29)11-14-35/h7-9,12,15-16,33H,6,10-11,13-14,17H2,1-5H3. The zero-order valence-electron chi connectivity index (χ0n) is 22.2. The number of hydrogen-bond acceptors (Lipinski definition) is 8. The number of hydrazine groups is 1. The SMILES string of the molecule is CCOc1cc(-c2nnc(C)n2C)ccc1NN1C=Cc2cc(C)nc(N3CCC(C)(C#N)CC3)c2C1. The summed E-state index contributed by atoms with van der Waals surface area (Å²) >= 11 is 0. The van der Waals surface area contributed by atoms with Gasteiger partial charge in [-0.05, 0) is 76.4 Å². The summed E-state index contributed by atoms with van der Waals surface area (Å²) in [5, 5.41) is 20.1. The number of pyridine rings is 1. The number of fused-ring (bicyclic) bond motifs is 1. The number of aryl methyl sites for hydroxylation is 2. The molecule has 5 rings (SSSR count). The second-order valence-corrected chi connectivity index (χ2v) is 10.1. The first-order valence-electron chi connectivity index (χ1n) is 12.8. The predicted molar refractivity (Wildman–Crippen MR) is 145 cm³/mol. The molecule has 1 fully saturated rings. The molecule has 3 aromatic rings. The van der Waals surface area contributed by atoms with Gasteiger partial charge in [0, 0.05) is 43.2 Å². The van der Waals surface area contributed by atoms with Gasteiger partial charge in [0.15, 0.2) is 5.82 Å². The van der Waals surface area contributed by atoms with Gasteiger partial charge in [-0.15, -0.1) is 10.2 Å². The number of rotatable bonds is 6. The number of nitrogens with one attached hydrogen (secondary N) is 1. The van der Waals surface area contributed by atoms with Gasteiger partial charge in [0.2, 0.25) is 0 Å². The van der Waals surface area contributed by atoms with Crippen molar-refractivity contribution in [2.75, 3.05) is 30.0 Å². The zero-order valence-corrected chi connectivity index (χ0v) is 22.2. The number of hydrogen-bond donors (Lipinski definition) is 1. The molecule has 2 aliphatic heterocycles. The van der Waals surface area contributed by atoms with Gasteiger partial charge in [0.05, 0.1) is 30.3 Å². The van der Waals surface area contributed by atoms with Gasteiger partial charge in [-0.2, -0.15) is 5.26 Å². The lowest BCUT2D eigenvalue weighted by Gasteiger charge is -2.38. The first kappa shape index (κ1) is 24.6. The highest BCUT2D eigenvalue weighted by Crippen LogP contribution is 2.36. The minimum Gasteiger partial charge on any atom is -0.492 e. The first-order valence-corrected chi connectivity index (χ1v) is 12.8. The fraction of sp³-hybridized carbons (Fsp3) is 0.429. The molecule has 37 heavy (non-hydrogen) atoms.